The minimum atomic E-state index is -1.22. The van der Waals surface area contributed by atoms with Gasteiger partial charge in [-0.1, -0.05) is 0 Å². The molecule has 0 spiro atoms. The second-order valence-electron chi connectivity index (χ2n) is 11.8. The Kier molecular flexibility index (Phi) is 9.29. The Morgan fingerprint density at radius 1 is 1.00 bits per heavy atom. The molecule has 14 heteroatoms. The van der Waals surface area contributed by atoms with Crippen LogP contribution in [0.1, 0.15) is 32.1 Å². The first-order valence-corrected chi connectivity index (χ1v) is 15.5. The van der Waals surface area contributed by atoms with Gasteiger partial charge in [-0.05, 0) is 69.0 Å². The van der Waals surface area contributed by atoms with Gasteiger partial charge in [-0.3, -0.25) is 24.3 Å². The maximum absolute atomic E-state index is 15.3. The largest absolute Gasteiger partial charge is 0.493 e. The molecular formula is C33H36FN7O6. The number of methoxy groups -OCH3 is 1. The number of amidine groups is 1. The van der Waals surface area contributed by atoms with Crippen molar-refractivity contribution in [1.82, 2.24) is 20.5 Å². The van der Waals surface area contributed by atoms with E-state index in [1.54, 1.807) is 44.8 Å². The lowest BCUT2D eigenvalue weighted by Gasteiger charge is -2.31. The van der Waals surface area contributed by atoms with Gasteiger partial charge in [-0.15, -0.1) is 5.10 Å². The fourth-order valence-corrected chi connectivity index (χ4v) is 5.61. The van der Waals surface area contributed by atoms with Crippen molar-refractivity contribution in [2.75, 3.05) is 45.7 Å². The second kappa shape index (κ2) is 13.7. The normalized spacial score (nSPS) is 17.1. The number of piperidine rings is 1. The Bertz CT molecular complexity index is 1750. The standard InChI is InChI=1S/C33H36FN7O6/c1-35-30(42)18-41-13-7-20(8-14-41)19-46-28-17-24-22(16-27(28)45-2)25(5-11-36-24)47-26-4-3-21(15-23(26)34)38-31(43)33(9-10-33)32(44)39-29-6-12-37-40-29/h3-5,11-12,15-17,20H,6-10,13-14,18-19H2,1-2H3,(H,35,42)(H,38,43)(H,39,40,44). The van der Waals surface area contributed by atoms with Crippen LogP contribution in [0.15, 0.2) is 52.8 Å². The third kappa shape index (κ3) is 7.17. The van der Waals surface area contributed by atoms with Crippen LogP contribution in [-0.4, -0.2) is 80.1 Å². The van der Waals surface area contributed by atoms with Gasteiger partial charge >= 0.3 is 0 Å². The average Bonchev–Trinajstić information content (AvgIpc) is 3.75. The zero-order chi connectivity index (χ0) is 33.0. The number of benzene rings is 2. The van der Waals surface area contributed by atoms with Crippen LogP contribution >= 0.6 is 0 Å². The summed E-state index contributed by atoms with van der Waals surface area (Å²) in [5.41, 5.74) is -0.452. The van der Waals surface area contributed by atoms with Crippen LogP contribution in [0, 0.1) is 17.2 Å². The van der Waals surface area contributed by atoms with Crippen molar-refractivity contribution in [3.63, 3.8) is 0 Å². The quantitative estimate of drug-likeness (QED) is 0.267. The number of amides is 3. The molecule has 0 unspecified atom stereocenters. The van der Waals surface area contributed by atoms with E-state index in [0.717, 1.165) is 32.0 Å². The van der Waals surface area contributed by atoms with Crippen molar-refractivity contribution in [2.45, 2.75) is 32.1 Å². The smallest absolute Gasteiger partial charge is 0.241 e. The van der Waals surface area contributed by atoms with E-state index in [0.29, 0.717) is 72.3 Å². The molecule has 6 rings (SSSR count). The maximum atomic E-state index is 15.3. The molecule has 3 N–H and O–H groups in total. The minimum Gasteiger partial charge on any atom is -0.493 e. The molecule has 3 aromatic rings. The number of likely N-dealkylation sites (N-methyl/N-ethyl adjacent to an activating group) is 1. The van der Waals surface area contributed by atoms with E-state index < -0.39 is 23.0 Å². The van der Waals surface area contributed by atoms with Crippen LogP contribution in [-0.2, 0) is 14.4 Å². The lowest BCUT2D eigenvalue weighted by atomic mass is 9.98. The van der Waals surface area contributed by atoms with E-state index in [1.165, 1.54) is 12.1 Å². The number of ether oxygens (including phenoxy) is 3. The van der Waals surface area contributed by atoms with Crippen LogP contribution in [0.25, 0.3) is 10.9 Å². The van der Waals surface area contributed by atoms with Gasteiger partial charge in [-0.25, -0.2) is 4.39 Å². The summed E-state index contributed by atoms with van der Waals surface area (Å²) in [5, 5.41) is 16.1. The van der Waals surface area contributed by atoms with Crippen LogP contribution in [0.5, 0.6) is 23.0 Å². The highest BCUT2D eigenvalue weighted by atomic mass is 19.1. The number of carbonyl (C=O) groups is 3. The highest BCUT2D eigenvalue weighted by Gasteiger charge is 2.56. The lowest BCUT2D eigenvalue weighted by Crippen LogP contribution is -2.42. The van der Waals surface area contributed by atoms with Gasteiger partial charge < -0.3 is 30.2 Å². The van der Waals surface area contributed by atoms with Gasteiger partial charge in [0.25, 0.3) is 0 Å². The van der Waals surface area contributed by atoms with E-state index in [-0.39, 0.29) is 17.3 Å². The van der Waals surface area contributed by atoms with Gasteiger partial charge in [0.15, 0.2) is 23.1 Å². The molecule has 1 aliphatic carbocycles. The van der Waals surface area contributed by atoms with Crippen molar-refractivity contribution in [1.29, 1.82) is 0 Å². The van der Waals surface area contributed by atoms with Gasteiger partial charge in [0.2, 0.25) is 17.7 Å². The van der Waals surface area contributed by atoms with Crippen LogP contribution in [0.2, 0.25) is 0 Å². The summed E-state index contributed by atoms with van der Waals surface area (Å²) in [4.78, 5) is 44.0. The molecule has 3 aliphatic rings. The zero-order valence-corrected chi connectivity index (χ0v) is 26.2. The number of likely N-dealkylation sites (tertiary alicyclic amines) is 1. The molecule has 3 amide bonds. The van der Waals surface area contributed by atoms with E-state index in [2.05, 4.69) is 36.0 Å². The van der Waals surface area contributed by atoms with Crippen LogP contribution in [0.3, 0.4) is 0 Å². The molecule has 0 bridgehead atoms. The Labute approximate surface area is 270 Å². The second-order valence-corrected chi connectivity index (χ2v) is 11.8. The highest BCUT2D eigenvalue weighted by Crippen LogP contribution is 2.47. The number of hydrogen-bond donors (Lipinski definition) is 3. The number of nitrogens with zero attached hydrogens (tertiary/aromatic N) is 4. The predicted molar refractivity (Wildman–Crippen MR) is 172 cm³/mol. The summed E-state index contributed by atoms with van der Waals surface area (Å²) in [6.45, 7) is 2.55. The fraction of sp³-hybridized carbons (Fsp3) is 0.394. The molecule has 3 heterocycles. The molecule has 1 saturated heterocycles. The Hall–Kier alpha value is -5.11. The maximum Gasteiger partial charge on any atom is 0.241 e. The molecular weight excluding hydrogens is 609 g/mol. The third-order valence-electron chi connectivity index (χ3n) is 8.65. The average molecular weight is 646 g/mol. The third-order valence-corrected chi connectivity index (χ3v) is 8.65. The fourth-order valence-electron chi connectivity index (χ4n) is 5.61. The number of anilines is 1. The lowest BCUT2D eigenvalue weighted by molar-refractivity contribution is -0.133. The SMILES string of the molecule is CNC(=O)CN1CCC(COc2cc3nccc(Oc4ccc(NC(=O)C5(C(=O)NC6=NN=CC6)CC5)cc4F)c3cc2OC)CC1. The summed E-state index contributed by atoms with van der Waals surface area (Å²) in [6.07, 6.45) is 6.11. The summed E-state index contributed by atoms with van der Waals surface area (Å²) >= 11 is 0. The van der Waals surface area contributed by atoms with Crippen LogP contribution < -0.4 is 30.2 Å². The molecule has 47 heavy (non-hydrogen) atoms. The van der Waals surface area contributed by atoms with Crippen molar-refractivity contribution in [3.05, 3.63) is 48.4 Å². The van der Waals surface area contributed by atoms with Crippen molar-refractivity contribution >= 4 is 46.4 Å². The number of halogens is 1. The minimum absolute atomic E-state index is 0.0107. The van der Waals surface area contributed by atoms with Gasteiger partial charge in [0, 0.05) is 49.1 Å². The van der Waals surface area contributed by atoms with E-state index in [1.807, 2.05) is 0 Å². The molecule has 2 aliphatic heterocycles. The molecule has 0 radical (unpaired) electrons. The highest BCUT2D eigenvalue weighted by molar-refractivity contribution is 6.18. The summed E-state index contributed by atoms with van der Waals surface area (Å²) in [7, 11) is 3.18. The summed E-state index contributed by atoms with van der Waals surface area (Å²) < 4.78 is 33.0. The van der Waals surface area contributed by atoms with Gasteiger partial charge in [-0.2, -0.15) is 5.10 Å². The van der Waals surface area contributed by atoms with Crippen molar-refractivity contribution < 1.29 is 33.0 Å². The molecule has 0 atom stereocenters. The number of fused-ring (bicyclic) bond motifs is 1. The number of carbonyl (C=O) groups excluding carboxylic acids is 3. The number of rotatable bonds is 11. The van der Waals surface area contributed by atoms with E-state index in [4.69, 9.17) is 14.2 Å². The van der Waals surface area contributed by atoms with E-state index in [9.17, 15) is 14.4 Å². The Morgan fingerprint density at radius 2 is 1.79 bits per heavy atom. The molecule has 1 saturated carbocycles. The molecule has 2 aromatic carbocycles. The number of hydrogen-bond acceptors (Lipinski definition) is 10. The molecule has 246 valence electrons. The first kappa shape index (κ1) is 31.9. The van der Waals surface area contributed by atoms with Gasteiger partial charge in [0.05, 0.1) is 25.8 Å². The Morgan fingerprint density at radius 3 is 2.47 bits per heavy atom. The molecule has 2 fully saturated rings. The number of aromatic nitrogens is 1. The topological polar surface area (TPSA) is 156 Å². The van der Waals surface area contributed by atoms with Crippen molar-refractivity contribution in [2.24, 2.45) is 21.5 Å². The number of nitrogens with one attached hydrogen (secondary N) is 3. The predicted octanol–water partition coefficient (Wildman–Crippen LogP) is 3.63. The van der Waals surface area contributed by atoms with E-state index >= 15 is 4.39 Å². The monoisotopic (exact) mass is 645 g/mol. The van der Waals surface area contributed by atoms with Gasteiger partial charge in [0.1, 0.15) is 17.0 Å². The van der Waals surface area contributed by atoms with Crippen LogP contribution in [0.4, 0.5) is 10.1 Å². The number of pyridine rings is 1. The van der Waals surface area contributed by atoms with Crippen molar-refractivity contribution in [3.8, 4) is 23.0 Å². The summed E-state index contributed by atoms with van der Waals surface area (Å²) in [5.74, 6) is 0.383. The molecule has 1 aromatic heterocycles. The zero-order valence-electron chi connectivity index (χ0n) is 26.2. The first-order valence-electron chi connectivity index (χ1n) is 15.5. The summed E-state index contributed by atoms with van der Waals surface area (Å²) in [6, 6.07) is 9.21. The Balaban J connectivity index is 1.09. The first-order chi connectivity index (χ1) is 22.8. The molecule has 13 nitrogen and oxygen atoms in total.